The van der Waals surface area contributed by atoms with Gasteiger partial charge in [0.25, 0.3) is 0 Å². The van der Waals surface area contributed by atoms with Gasteiger partial charge < -0.3 is 5.73 Å². The van der Waals surface area contributed by atoms with Crippen LogP contribution in [0.25, 0.3) is 0 Å². The predicted octanol–water partition coefficient (Wildman–Crippen LogP) is 0.975. The zero-order chi connectivity index (χ0) is 12.1. The largest absolute Gasteiger partial charge is 0.366 e. The Labute approximate surface area is 98.5 Å². The maximum atomic E-state index is 11.2. The Bertz CT molecular complexity index is 597. The molecule has 1 aromatic heterocycles. The summed E-state index contributed by atoms with van der Waals surface area (Å²) in [5.41, 5.74) is 6.95. The summed E-state index contributed by atoms with van der Waals surface area (Å²) in [4.78, 5) is 18.9. The number of rotatable bonds is 1. The Morgan fingerprint density at radius 2 is 1.82 bits per heavy atom. The van der Waals surface area contributed by atoms with Crippen LogP contribution >= 0.6 is 0 Å². The van der Waals surface area contributed by atoms with Crippen LogP contribution in [0.4, 0.5) is 0 Å². The molecular formula is C13H9N3O. The van der Waals surface area contributed by atoms with Crippen molar-refractivity contribution in [3.05, 3.63) is 59.7 Å². The highest BCUT2D eigenvalue weighted by Gasteiger charge is 2.03. The lowest BCUT2D eigenvalue weighted by Crippen LogP contribution is -2.12. The monoisotopic (exact) mass is 223 g/mol. The van der Waals surface area contributed by atoms with E-state index in [0.29, 0.717) is 16.7 Å². The fraction of sp³-hybridized carbons (Fsp3) is 0. The number of carbonyl (C=O) groups is 1. The summed E-state index contributed by atoms with van der Waals surface area (Å²) < 4.78 is 0. The van der Waals surface area contributed by atoms with Gasteiger partial charge in [-0.05, 0) is 12.1 Å². The molecule has 0 bridgehead atoms. The lowest BCUT2D eigenvalue weighted by molar-refractivity contribution is 0.1000. The zero-order valence-corrected chi connectivity index (χ0v) is 8.92. The predicted molar refractivity (Wildman–Crippen MR) is 63.0 cm³/mol. The van der Waals surface area contributed by atoms with Crippen molar-refractivity contribution in [2.24, 2.45) is 5.73 Å². The Morgan fingerprint density at radius 1 is 1.12 bits per heavy atom. The minimum absolute atomic E-state index is 0.414. The molecule has 17 heavy (non-hydrogen) atoms. The molecule has 82 valence electrons. The van der Waals surface area contributed by atoms with E-state index in [2.05, 4.69) is 21.8 Å². The lowest BCUT2D eigenvalue weighted by atomic mass is 10.1. The molecule has 0 atom stereocenters. The molecule has 0 fully saturated rings. The zero-order valence-electron chi connectivity index (χ0n) is 8.92. The number of benzene rings is 1. The molecule has 2 rings (SSSR count). The fourth-order valence-corrected chi connectivity index (χ4v) is 1.31. The van der Waals surface area contributed by atoms with Gasteiger partial charge >= 0.3 is 0 Å². The van der Waals surface area contributed by atoms with E-state index in [1.54, 1.807) is 36.7 Å². The molecule has 1 aromatic carbocycles. The number of hydrogen-bond acceptors (Lipinski definition) is 3. The quantitative estimate of drug-likeness (QED) is 0.732. The minimum Gasteiger partial charge on any atom is -0.366 e. The molecule has 0 saturated heterocycles. The van der Waals surface area contributed by atoms with E-state index in [0.717, 1.165) is 0 Å². The molecule has 1 amide bonds. The molecule has 0 radical (unpaired) electrons. The summed E-state index contributed by atoms with van der Waals surface area (Å²) >= 11 is 0. The number of carbonyl (C=O) groups excluding carboxylic acids is 1. The van der Waals surface area contributed by atoms with Gasteiger partial charge in [0.05, 0.1) is 11.1 Å². The van der Waals surface area contributed by atoms with Crippen molar-refractivity contribution in [1.29, 1.82) is 0 Å². The third kappa shape index (κ3) is 2.67. The number of hydrogen-bond donors (Lipinski definition) is 1. The van der Waals surface area contributed by atoms with Gasteiger partial charge in [0.15, 0.2) is 0 Å². The van der Waals surface area contributed by atoms with Crippen molar-refractivity contribution in [3.63, 3.8) is 0 Å². The Kier molecular flexibility index (Phi) is 3.13. The van der Waals surface area contributed by atoms with Gasteiger partial charge in [0.2, 0.25) is 5.91 Å². The number of aromatic nitrogens is 2. The Morgan fingerprint density at radius 3 is 2.53 bits per heavy atom. The summed E-state index contributed by atoms with van der Waals surface area (Å²) in [5, 5.41) is 0. The van der Waals surface area contributed by atoms with Crippen LogP contribution in [-0.2, 0) is 0 Å². The van der Waals surface area contributed by atoms with Crippen molar-refractivity contribution in [2.75, 3.05) is 0 Å². The van der Waals surface area contributed by atoms with Crippen LogP contribution in [-0.4, -0.2) is 15.9 Å². The van der Waals surface area contributed by atoms with E-state index in [9.17, 15) is 4.79 Å². The highest BCUT2D eigenvalue weighted by atomic mass is 16.1. The average molecular weight is 223 g/mol. The molecule has 0 unspecified atom stereocenters. The van der Waals surface area contributed by atoms with Gasteiger partial charge in [-0.2, -0.15) is 0 Å². The van der Waals surface area contributed by atoms with Crippen molar-refractivity contribution < 1.29 is 4.79 Å². The lowest BCUT2D eigenvalue weighted by Gasteiger charge is -1.97. The second kappa shape index (κ2) is 4.90. The second-order valence-electron chi connectivity index (χ2n) is 3.29. The summed E-state index contributed by atoms with van der Waals surface area (Å²) in [6.45, 7) is 0. The van der Waals surface area contributed by atoms with Crippen LogP contribution < -0.4 is 5.73 Å². The van der Waals surface area contributed by atoms with Gasteiger partial charge in [-0.25, -0.2) is 9.97 Å². The normalized spacial score (nSPS) is 9.18. The van der Waals surface area contributed by atoms with Crippen LogP contribution in [0.15, 0.2) is 43.0 Å². The first-order valence-electron chi connectivity index (χ1n) is 4.93. The van der Waals surface area contributed by atoms with E-state index in [1.807, 2.05) is 0 Å². The summed E-state index contributed by atoms with van der Waals surface area (Å²) in [6.07, 6.45) is 4.64. The molecule has 0 saturated carbocycles. The van der Waals surface area contributed by atoms with Crippen LogP contribution in [0.3, 0.4) is 0 Å². The van der Waals surface area contributed by atoms with Gasteiger partial charge in [-0.3, -0.25) is 4.79 Å². The standard InChI is InChI=1S/C13H9N3O/c14-13(17)12-4-2-1-3-11(12)6-5-10-7-15-9-16-8-10/h1-4,7-9H,(H2,14,17). The third-order valence-electron chi connectivity index (χ3n) is 2.09. The molecule has 2 N–H and O–H groups in total. The molecule has 1 heterocycles. The topological polar surface area (TPSA) is 68.9 Å². The van der Waals surface area contributed by atoms with E-state index >= 15 is 0 Å². The van der Waals surface area contributed by atoms with Crippen LogP contribution in [0, 0.1) is 11.8 Å². The Balaban J connectivity index is 2.38. The molecule has 0 aliphatic rings. The SMILES string of the molecule is NC(=O)c1ccccc1C#Cc1cncnc1. The number of nitrogens with two attached hydrogens (primary N) is 1. The summed E-state index contributed by atoms with van der Waals surface area (Å²) in [6, 6.07) is 6.94. The molecule has 4 nitrogen and oxygen atoms in total. The number of amides is 1. The molecule has 0 spiro atoms. The Hall–Kier alpha value is -2.67. The van der Waals surface area contributed by atoms with Crippen LogP contribution in [0.2, 0.25) is 0 Å². The average Bonchev–Trinajstić information content (AvgIpc) is 2.38. The maximum Gasteiger partial charge on any atom is 0.249 e. The highest BCUT2D eigenvalue weighted by Crippen LogP contribution is 2.06. The number of nitrogens with zero attached hydrogens (tertiary/aromatic N) is 2. The van der Waals surface area contributed by atoms with E-state index in [-0.39, 0.29) is 0 Å². The van der Waals surface area contributed by atoms with Crippen molar-refractivity contribution in [1.82, 2.24) is 9.97 Å². The van der Waals surface area contributed by atoms with E-state index in [1.165, 1.54) is 6.33 Å². The van der Waals surface area contributed by atoms with E-state index in [4.69, 9.17) is 5.73 Å². The molecule has 0 aliphatic heterocycles. The third-order valence-corrected chi connectivity index (χ3v) is 2.09. The first-order chi connectivity index (χ1) is 8.27. The smallest absolute Gasteiger partial charge is 0.249 e. The highest BCUT2D eigenvalue weighted by molar-refractivity contribution is 5.95. The first kappa shape index (κ1) is 10.8. The minimum atomic E-state index is -0.487. The van der Waals surface area contributed by atoms with Crippen LogP contribution in [0.5, 0.6) is 0 Å². The second-order valence-corrected chi connectivity index (χ2v) is 3.29. The summed E-state index contributed by atoms with van der Waals surface area (Å²) in [5.74, 6) is 5.27. The molecule has 0 aliphatic carbocycles. The first-order valence-corrected chi connectivity index (χ1v) is 4.93. The fourth-order valence-electron chi connectivity index (χ4n) is 1.31. The van der Waals surface area contributed by atoms with E-state index < -0.39 is 5.91 Å². The number of primary amides is 1. The van der Waals surface area contributed by atoms with Crippen molar-refractivity contribution in [2.45, 2.75) is 0 Å². The molecule has 4 heteroatoms. The van der Waals surface area contributed by atoms with Crippen molar-refractivity contribution in [3.8, 4) is 11.8 Å². The van der Waals surface area contributed by atoms with Gasteiger partial charge in [-0.1, -0.05) is 24.0 Å². The van der Waals surface area contributed by atoms with Gasteiger partial charge in [-0.15, -0.1) is 0 Å². The van der Waals surface area contributed by atoms with Crippen LogP contribution in [0.1, 0.15) is 21.5 Å². The molecular weight excluding hydrogens is 214 g/mol. The van der Waals surface area contributed by atoms with Gasteiger partial charge in [0.1, 0.15) is 6.33 Å². The van der Waals surface area contributed by atoms with Crippen molar-refractivity contribution >= 4 is 5.91 Å². The molecule has 2 aromatic rings. The summed E-state index contributed by atoms with van der Waals surface area (Å²) in [7, 11) is 0. The maximum absolute atomic E-state index is 11.2. The van der Waals surface area contributed by atoms with Gasteiger partial charge in [0, 0.05) is 18.0 Å².